The number of hydrogen-bond acceptors (Lipinski definition) is 3. The Morgan fingerprint density at radius 1 is 1.29 bits per heavy atom. The van der Waals surface area contributed by atoms with Gasteiger partial charge in [-0.15, -0.1) is 12.4 Å². The number of halogens is 1. The van der Waals surface area contributed by atoms with E-state index in [4.69, 9.17) is 5.73 Å². The Labute approximate surface area is 106 Å². The molecular formula is C11H16ClN3O2. The molecule has 4 N–H and O–H groups in total. The van der Waals surface area contributed by atoms with E-state index in [2.05, 4.69) is 10.6 Å². The lowest BCUT2D eigenvalue weighted by atomic mass is 10.1. The van der Waals surface area contributed by atoms with Gasteiger partial charge >= 0.3 is 0 Å². The van der Waals surface area contributed by atoms with Gasteiger partial charge in [-0.3, -0.25) is 9.59 Å². The maximum absolute atomic E-state index is 11.5. The van der Waals surface area contributed by atoms with Crippen molar-refractivity contribution in [3.8, 4) is 0 Å². The van der Waals surface area contributed by atoms with E-state index in [-0.39, 0.29) is 30.8 Å². The highest BCUT2D eigenvalue weighted by Crippen LogP contribution is 2.08. The Morgan fingerprint density at radius 2 is 1.88 bits per heavy atom. The normalized spacial score (nSPS) is 10.9. The second-order valence-corrected chi connectivity index (χ2v) is 3.28. The topological polar surface area (TPSA) is 84.2 Å². The molecule has 5 nitrogen and oxygen atoms in total. The summed E-state index contributed by atoms with van der Waals surface area (Å²) in [4.78, 5) is 22.5. The molecule has 0 aromatic heterocycles. The van der Waals surface area contributed by atoms with Crippen molar-refractivity contribution in [1.29, 1.82) is 0 Å². The lowest BCUT2D eigenvalue weighted by molar-refractivity contribution is -0.126. The third-order valence-electron chi connectivity index (χ3n) is 2.14. The number of carbonyl (C=O) groups is 2. The van der Waals surface area contributed by atoms with Gasteiger partial charge in [-0.2, -0.15) is 0 Å². The molecule has 0 radical (unpaired) electrons. The molecule has 1 aromatic carbocycles. The Hall–Kier alpha value is -1.59. The van der Waals surface area contributed by atoms with Gasteiger partial charge < -0.3 is 16.4 Å². The smallest absolute Gasteiger partial charge is 0.241 e. The molecule has 6 heteroatoms. The second-order valence-electron chi connectivity index (χ2n) is 3.28. The van der Waals surface area contributed by atoms with Gasteiger partial charge in [-0.05, 0) is 5.56 Å². The molecule has 0 heterocycles. The van der Waals surface area contributed by atoms with Crippen LogP contribution in [-0.4, -0.2) is 25.4 Å². The quantitative estimate of drug-likeness (QED) is 0.708. The van der Waals surface area contributed by atoms with Crippen molar-refractivity contribution in [2.24, 2.45) is 5.73 Å². The van der Waals surface area contributed by atoms with Crippen molar-refractivity contribution in [1.82, 2.24) is 10.6 Å². The molecule has 2 amide bonds. The van der Waals surface area contributed by atoms with Crippen molar-refractivity contribution in [3.05, 3.63) is 35.9 Å². The molecular weight excluding hydrogens is 242 g/mol. The maximum Gasteiger partial charge on any atom is 0.241 e. The van der Waals surface area contributed by atoms with E-state index in [0.29, 0.717) is 0 Å². The summed E-state index contributed by atoms with van der Waals surface area (Å²) in [6.07, 6.45) is 0. The molecule has 1 rings (SSSR count). The lowest BCUT2D eigenvalue weighted by Gasteiger charge is -2.11. The van der Waals surface area contributed by atoms with Gasteiger partial charge in [0.15, 0.2) is 0 Å². The molecule has 0 aliphatic carbocycles. The van der Waals surface area contributed by atoms with E-state index in [1.54, 1.807) is 24.3 Å². The SMILES string of the molecule is CNC(=O)CNC(=O)C(N)c1ccccc1.Cl. The summed E-state index contributed by atoms with van der Waals surface area (Å²) in [7, 11) is 1.51. The zero-order valence-corrected chi connectivity index (χ0v) is 10.3. The van der Waals surface area contributed by atoms with Crippen LogP contribution in [-0.2, 0) is 9.59 Å². The van der Waals surface area contributed by atoms with Crippen LogP contribution in [0.4, 0.5) is 0 Å². The zero-order valence-electron chi connectivity index (χ0n) is 9.47. The van der Waals surface area contributed by atoms with Crippen LogP contribution >= 0.6 is 12.4 Å². The summed E-state index contributed by atoms with van der Waals surface area (Å²) >= 11 is 0. The fraction of sp³-hybridized carbons (Fsp3) is 0.273. The van der Waals surface area contributed by atoms with E-state index >= 15 is 0 Å². The first-order chi connectivity index (χ1) is 7.65. The van der Waals surface area contributed by atoms with Gasteiger partial charge in [-0.1, -0.05) is 30.3 Å². The van der Waals surface area contributed by atoms with Crippen LogP contribution in [0.2, 0.25) is 0 Å². The molecule has 94 valence electrons. The average molecular weight is 258 g/mol. The van der Waals surface area contributed by atoms with Crippen molar-refractivity contribution in [2.75, 3.05) is 13.6 Å². The molecule has 17 heavy (non-hydrogen) atoms. The largest absolute Gasteiger partial charge is 0.358 e. The number of carbonyl (C=O) groups excluding carboxylic acids is 2. The summed E-state index contributed by atoms with van der Waals surface area (Å²) < 4.78 is 0. The van der Waals surface area contributed by atoms with Crippen molar-refractivity contribution < 1.29 is 9.59 Å². The molecule has 0 fully saturated rings. The molecule has 0 spiro atoms. The van der Waals surface area contributed by atoms with Gasteiger partial charge in [0.05, 0.1) is 6.54 Å². The van der Waals surface area contributed by atoms with E-state index in [9.17, 15) is 9.59 Å². The number of nitrogens with two attached hydrogens (primary N) is 1. The molecule has 0 aliphatic heterocycles. The number of benzene rings is 1. The Bertz CT molecular complexity index is 370. The van der Waals surface area contributed by atoms with Gasteiger partial charge in [0, 0.05) is 7.05 Å². The maximum atomic E-state index is 11.5. The average Bonchev–Trinajstić information content (AvgIpc) is 2.35. The van der Waals surface area contributed by atoms with Gasteiger partial charge in [0.2, 0.25) is 11.8 Å². The zero-order chi connectivity index (χ0) is 12.0. The van der Waals surface area contributed by atoms with E-state index in [0.717, 1.165) is 5.56 Å². The first kappa shape index (κ1) is 15.4. The lowest BCUT2D eigenvalue weighted by Crippen LogP contribution is -2.40. The standard InChI is InChI=1S/C11H15N3O2.ClH/c1-13-9(15)7-14-11(16)10(12)8-5-3-2-4-6-8;/h2-6,10H,7,12H2,1H3,(H,13,15)(H,14,16);1H. The number of likely N-dealkylation sites (N-methyl/N-ethyl adjacent to an activating group) is 1. The van der Waals surface area contributed by atoms with Crippen LogP contribution in [0.1, 0.15) is 11.6 Å². The number of nitrogens with one attached hydrogen (secondary N) is 2. The van der Waals surface area contributed by atoms with Crippen LogP contribution in [0.25, 0.3) is 0 Å². The molecule has 0 saturated heterocycles. The number of hydrogen-bond donors (Lipinski definition) is 3. The molecule has 1 aromatic rings. The molecule has 0 aliphatic rings. The summed E-state index contributed by atoms with van der Waals surface area (Å²) in [6.45, 7) is -0.0597. The minimum atomic E-state index is -0.745. The molecule has 0 bridgehead atoms. The predicted octanol–water partition coefficient (Wildman–Crippen LogP) is -0.0296. The first-order valence-electron chi connectivity index (χ1n) is 4.94. The van der Waals surface area contributed by atoms with Gasteiger partial charge in [-0.25, -0.2) is 0 Å². The molecule has 1 unspecified atom stereocenters. The van der Waals surface area contributed by atoms with Crippen molar-refractivity contribution in [2.45, 2.75) is 6.04 Å². The minimum absolute atomic E-state index is 0. The number of rotatable bonds is 4. The highest BCUT2D eigenvalue weighted by molar-refractivity contribution is 5.87. The second kappa shape index (κ2) is 7.65. The Balaban J connectivity index is 0.00000256. The summed E-state index contributed by atoms with van der Waals surface area (Å²) in [6, 6.07) is 8.25. The Kier molecular flexibility index (Phi) is 6.93. The van der Waals surface area contributed by atoms with Gasteiger partial charge in [0.25, 0.3) is 0 Å². The first-order valence-corrected chi connectivity index (χ1v) is 4.94. The summed E-state index contributed by atoms with van der Waals surface area (Å²) in [5.41, 5.74) is 6.44. The highest BCUT2D eigenvalue weighted by Gasteiger charge is 2.15. The fourth-order valence-electron chi connectivity index (χ4n) is 1.18. The van der Waals surface area contributed by atoms with Crippen LogP contribution in [0.3, 0.4) is 0 Å². The van der Waals surface area contributed by atoms with Crippen LogP contribution < -0.4 is 16.4 Å². The fourth-order valence-corrected chi connectivity index (χ4v) is 1.18. The van der Waals surface area contributed by atoms with Gasteiger partial charge in [0.1, 0.15) is 6.04 Å². The van der Waals surface area contributed by atoms with Crippen LogP contribution in [0.5, 0.6) is 0 Å². The number of amides is 2. The van der Waals surface area contributed by atoms with E-state index in [1.807, 2.05) is 6.07 Å². The molecule has 0 saturated carbocycles. The minimum Gasteiger partial charge on any atom is -0.358 e. The summed E-state index contributed by atoms with van der Waals surface area (Å²) in [5.74, 6) is -0.622. The molecule has 1 atom stereocenters. The highest BCUT2D eigenvalue weighted by atomic mass is 35.5. The van der Waals surface area contributed by atoms with Crippen molar-refractivity contribution >= 4 is 24.2 Å². The predicted molar refractivity (Wildman–Crippen MR) is 67.7 cm³/mol. The van der Waals surface area contributed by atoms with Crippen LogP contribution in [0.15, 0.2) is 30.3 Å². The van der Waals surface area contributed by atoms with Crippen LogP contribution in [0, 0.1) is 0 Å². The van der Waals surface area contributed by atoms with Crippen molar-refractivity contribution in [3.63, 3.8) is 0 Å². The summed E-state index contributed by atoms with van der Waals surface area (Å²) in [5, 5.41) is 4.86. The van der Waals surface area contributed by atoms with E-state index in [1.165, 1.54) is 7.05 Å². The van der Waals surface area contributed by atoms with E-state index < -0.39 is 6.04 Å². The third-order valence-corrected chi connectivity index (χ3v) is 2.14. The Morgan fingerprint density at radius 3 is 2.41 bits per heavy atom. The third kappa shape index (κ3) is 4.84. The monoisotopic (exact) mass is 257 g/mol.